The molecule has 1 amide bonds. The summed E-state index contributed by atoms with van der Waals surface area (Å²) in [5.41, 5.74) is 1.01. The van der Waals surface area contributed by atoms with E-state index in [1.54, 1.807) is 12.1 Å². The van der Waals surface area contributed by atoms with Crippen molar-refractivity contribution in [2.24, 2.45) is 0 Å². The number of carbonyl (C=O) groups is 1. The van der Waals surface area contributed by atoms with Gasteiger partial charge in [-0.05, 0) is 48.7 Å². The Balaban J connectivity index is 1.47. The molecule has 6 nitrogen and oxygen atoms in total. The summed E-state index contributed by atoms with van der Waals surface area (Å²) in [6, 6.07) is 18.8. The molecule has 154 valence electrons. The van der Waals surface area contributed by atoms with Gasteiger partial charge in [-0.1, -0.05) is 30.3 Å². The molecule has 0 spiro atoms. The van der Waals surface area contributed by atoms with Crippen LogP contribution in [0.1, 0.15) is 34.0 Å². The van der Waals surface area contributed by atoms with E-state index in [1.165, 1.54) is 23.5 Å². The van der Waals surface area contributed by atoms with Gasteiger partial charge in [-0.2, -0.15) is 0 Å². The number of amides is 1. The zero-order chi connectivity index (χ0) is 21.1. The van der Waals surface area contributed by atoms with Gasteiger partial charge in [-0.3, -0.25) is 4.79 Å². The van der Waals surface area contributed by atoms with E-state index >= 15 is 0 Å². The van der Waals surface area contributed by atoms with Crippen molar-refractivity contribution in [3.05, 3.63) is 88.3 Å². The number of fused-ring (bicyclic) bond motifs is 1. The van der Waals surface area contributed by atoms with Crippen LogP contribution in [0.15, 0.2) is 81.4 Å². The standard InChI is InChI=1S/C22H20N2O4S2/c1-15(21-13-16-6-2-3-10-20(16)28-21)24-22(25)17-7-4-9-19(12-17)30(26,27)23-14-18-8-5-11-29-18/h2-13,15,23H,14H2,1H3,(H,24,25)/t15-/m0/s1. The normalized spacial score (nSPS) is 12.7. The monoisotopic (exact) mass is 440 g/mol. The molecule has 0 aliphatic rings. The van der Waals surface area contributed by atoms with E-state index in [4.69, 9.17) is 4.42 Å². The molecule has 0 bridgehead atoms. The molecule has 2 aromatic carbocycles. The molecule has 1 atom stereocenters. The summed E-state index contributed by atoms with van der Waals surface area (Å²) in [6.07, 6.45) is 0. The zero-order valence-corrected chi connectivity index (χ0v) is 17.8. The molecule has 0 saturated heterocycles. The number of rotatable bonds is 7. The SMILES string of the molecule is C[C@H](NC(=O)c1cccc(S(=O)(=O)NCc2cccs2)c1)c1cc2ccccc2o1. The minimum absolute atomic E-state index is 0.0445. The minimum Gasteiger partial charge on any atom is -0.459 e. The molecule has 2 N–H and O–H groups in total. The van der Waals surface area contributed by atoms with Gasteiger partial charge in [0, 0.05) is 22.4 Å². The fraction of sp³-hybridized carbons (Fsp3) is 0.136. The predicted octanol–water partition coefficient (Wildman–Crippen LogP) is 4.46. The number of thiophene rings is 1. The third kappa shape index (κ3) is 4.46. The number of sulfonamides is 1. The van der Waals surface area contributed by atoms with Gasteiger partial charge in [0.2, 0.25) is 10.0 Å². The van der Waals surface area contributed by atoms with Crippen molar-refractivity contribution in [1.82, 2.24) is 10.0 Å². The Kier molecular flexibility index (Phi) is 5.72. The van der Waals surface area contributed by atoms with Gasteiger partial charge in [-0.25, -0.2) is 13.1 Å². The van der Waals surface area contributed by atoms with Gasteiger partial charge in [0.15, 0.2) is 0 Å². The Morgan fingerprint density at radius 3 is 2.67 bits per heavy atom. The van der Waals surface area contributed by atoms with Gasteiger partial charge in [0.1, 0.15) is 11.3 Å². The van der Waals surface area contributed by atoms with Crippen molar-refractivity contribution >= 4 is 38.2 Å². The summed E-state index contributed by atoms with van der Waals surface area (Å²) in [7, 11) is -3.73. The Bertz CT molecular complexity index is 1240. The van der Waals surface area contributed by atoms with Crippen molar-refractivity contribution in [3.8, 4) is 0 Å². The molecule has 0 fully saturated rings. The van der Waals surface area contributed by atoms with Crippen LogP contribution in [-0.4, -0.2) is 14.3 Å². The number of para-hydroxylation sites is 1. The summed E-state index contributed by atoms with van der Waals surface area (Å²) in [5, 5.41) is 5.70. The van der Waals surface area contributed by atoms with Crippen LogP contribution in [0, 0.1) is 0 Å². The van der Waals surface area contributed by atoms with E-state index in [-0.39, 0.29) is 29.0 Å². The first-order chi connectivity index (χ1) is 14.4. The molecule has 0 unspecified atom stereocenters. The lowest BCUT2D eigenvalue weighted by Gasteiger charge is -2.12. The summed E-state index contributed by atoms with van der Waals surface area (Å²) < 4.78 is 33.5. The largest absolute Gasteiger partial charge is 0.459 e. The number of benzene rings is 2. The highest BCUT2D eigenvalue weighted by atomic mass is 32.2. The van der Waals surface area contributed by atoms with Crippen molar-refractivity contribution in [3.63, 3.8) is 0 Å². The maximum atomic E-state index is 12.7. The van der Waals surface area contributed by atoms with Crippen molar-refractivity contribution in [2.75, 3.05) is 0 Å². The highest BCUT2D eigenvalue weighted by molar-refractivity contribution is 7.89. The summed E-state index contributed by atoms with van der Waals surface area (Å²) in [4.78, 5) is 13.7. The maximum absolute atomic E-state index is 12.7. The van der Waals surface area contributed by atoms with E-state index in [9.17, 15) is 13.2 Å². The summed E-state index contributed by atoms with van der Waals surface area (Å²) >= 11 is 1.47. The molecule has 0 saturated carbocycles. The second kappa shape index (κ2) is 8.43. The Labute approximate surface area is 178 Å². The van der Waals surface area contributed by atoms with Crippen LogP contribution in [0.25, 0.3) is 11.0 Å². The highest BCUT2D eigenvalue weighted by Crippen LogP contribution is 2.24. The molecule has 8 heteroatoms. The Morgan fingerprint density at radius 1 is 1.07 bits per heavy atom. The summed E-state index contributed by atoms with van der Waals surface area (Å²) in [6.45, 7) is 2.03. The Morgan fingerprint density at radius 2 is 1.90 bits per heavy atom. The lowest BCUT2D eigenvalue weighted by atomic mass is 10.1. The zero-order valence-electron chi connectivity index (χ0n) is 16.2. The van der Waals surface area contributed by atoms with Crippen LogP contribution < -0.4 is 10.0 Å². The third-order valence-corrected chi connectivity index (χ3v) is 6.92. The molecule has 0 radical (unpaired) electrons. The molecular formula is C22H20N2O4S2. The third-order valence-electron chi connectivity index (χ3n) is 4.64. The van der Waals surface area contributed by atoms with E-state index < -0.39 is 10.0 Å². The van der Waals surface area contributed by atoms with Crippen molar-refractivity contribution in [2.45, 2.75) is 24.4 Å². The van der Waals surface area contributed by atoms with Gasteiger partial charge in [-0.15, -0.1) is 11.3 Å². The lowest BCUT2D eigenvalue weighted by molar-refractivity contribution is 0.0935. The first-order valence-corrected chi connectivity index (χ1v) is 11.7. The minimum atomic E-state index is -3.73. The summed E-state index contributed by atoms with van der Waals surface area (Å²) in [5.74, 6) is 0.254. The molecule has 0 aliphatic carbocycles. The van der Waals surface area contributed by atoms with Crippen LogP contribution in [0.3, 0.4) is 0 Å². The highest BCUT2D eigenvalue weighted by Gasteiger charge is 2.19. The second-order valence-corrected chi connectivity index (χ2v) is 9.61. The maximum Gasteiger partial charge on any atom is 0.251 e. The second-order valence-electron chi connectivity index (χ2n) is 6.81. The lowest BCUT2D eigenvalue weighted by Crippen LogP contribution is -2.27. The molecule has 2 aromatic heterocycles. The molecule has 2 heterocycles. The molecule has 0 aliphatic heterocycles. The topological polar surface area (TPSA) is 88.4 Å². The number of nitrogens with one attached hydrogen (secondary N) is 2. The van der Waals surface area contributed by atoms with Crippen LogP contribution in [0.4, 0.5) is 0 Å². The average molecular weight is 441 g/mol. The van der Waals surface area contributed by atoms with Crippen LogP contribution in [-0.2, 0) is 16.6 Å². The van der Waals surface area contributed by atoms with Crippen LogP contribution in [0.5, 0.6) is 0 Å². The number of hydrogen-bond donors (Lipinski definition) is 2. The number of carbonyl (C=O) groups excluding carboxylic acids is 1. The van der Waals surface area contributed by atoms with E-state index in [0.717, 1.165) is 15.8 Å². The first kappa shape index (κ1) is 20.3. The van der Waals surface area contributed by atoms with Gasteiger partial charge in [0.05, 0.1) is 10.9 Å². The smallest absolute Gasteiger partial charge is 0.251 e. The Hall–Kier alpha value is -2.94. The van der Waals surface area contributed by atoms with Crippen molar-refractivity contribution < 1.29 is 17.6 Å². The van der Waals surface area contributed by atoms with Gasteiger partial charge < -0.3 is 9.73 Å². The fourth-order valence-corrected chi connectivity index (χ4v) is 4.82. The molecule has 4 rings (SSSR count). The van der Waals surface area contributed by atoms with E-state index in [1.807, 2.05) is 54.8 Å². The average Bonchev–Trinajstić information content (AvgIpc) is 3.42. The number of furan rings is 1. The first-order valence-electron chi connectivity index (χ1n) is 9.34. The van der Waals surface area contributed by atoms with Gasteiger partial charge >= 0.3 is 0 Å². The van der Waals surface area contributed by atoms with E-state index in [2.05, 4.69) is 10.0 Å². The number of hydrogen-bond acceptors (Lipinski definition) is 5. The van der Waals surface area contributed by atoms with Crippen LogP contribution >= 0.6 is 11.3 Å². The quantitative estimate of drug-likeness (QED) is 0.444. The van der Waals surface area contributed by atoms with Crippen LogP contribution in [0.2, 0.25) is 0 Å². The molecular weight excluding hydrogens is 420 g/mol. The molecule has 30 heavy (non-hydrogen) atoms. The van der Waals surface area contributed by atoms with Gasteiger partial charge in [0.25, 0.3) is 5.91 Å². The van der Waals surface area contributed by atoms with E-state index in [0.29, 0.717) is 5.76 Å². The molecule has 4 aromatic rings. The fourth-order valence-electron chi connectivity index (χ4n) is 3.03. The predicted molar refractivity (Wildman–Crippen MR) is 117 cm³/mol. The van der Waals surface area contributed by atoms with Crippen molar-refractivity contribution in [1.29, 1.82) is 0 Å².